The van der Waals surface area contributed by atoms with Gasteiger partial charge in [0, 0.05) is 5.33 Å². The van der Waals surface area contributed by atoms with E-state index in [2.05, 4.69) is 21.2 Å². The standard InChI is InChI=1S/C17H17BrN2O6S/c1-25-17(23)14-10(7-18)9-27(24)16-13(15(22)20(14)16)19-12(21)8-26-11-5-3-2-4-6-11/h2-6,13,16H,7-9H2,1H3,(H,19,21)/t13-,16-,27?/m0/s1. The van der Waals surface area contributed by atoms with Crippen molar-refractivity contribution in [3.05, 3.63) is 41.6 Å². The summed E-state index contributed by atoms with van der Waals surface area (Å²) in [5, 5.41) is 2.04. The molecule has 27 heavy (non-hydrogen) atoms. The molecule has 0 aromatic heterocycles. The van der Waals surface area contributed by atoms with Gasteiger partial charge in [-0.25, -0.2) is 4.79 Å². The number of benzene rings is 1. The lowest BCUT2D eigenvalue weighted by Crippen LogP contribution is -2.74. The number of esters is 1. The van der Waals surface area contributed by atoms with E-state index >= 15 is 0 Å². The van der Waals surface area contributed by atoms with Gasteiger partial charge >= 0.3 is 5.97 Å². The Kier molecular flexibility index (Phi) is 5.95. The van der Waals surface area contributed by atoms with E-state index in [-0.39, 0.29) is 18.1 Å². The second kappa shape index (κ2) is 8.22. The summed E-state index contributed by atoms with van der Waals surface area (Å²) < 4.78 is 22.6. The molecule has 0 saturated carbocycles. The highest BCUT2D eigenvalue weighted by molar-refractivity contribution is 9.09. The van der Waals surface area contributed by atoms with Crippen LogP contribution < -0.4 is 10.1 Å². The topological polar surface area (TPSA) is 102 Å². The zero-order valence-electron chi connectivity index (χ0n) is 14.3. The number of hydrogen-bond donors (Lipinski definition) is 1. The van der Waals surface area contributed by atoms with Gasteiger partial charge in [-0.2, -0.15) is 0 Å². The molecule has 1 fully saturated rings. The van der Waals surface area contributed by atoms with E-state index in [0.717, 1.165) is 4.90 Å². The number of methoxy groups -OCH3 is 1. The number of carbonyl (C=O) groups excluding carboxylic acids is 3. The second-order valence-corrected chi connectivity index (χ2v) is 7.94. The lowest BCUT2D eigenvalue weighted by atomic mass is 10.0. The zero-order chi connectivity index (χ0) is 19.6. The fourth-order valence-electron chi connectivity index (χ4n) is 2.92. The minimum absolute atomic E-state index is 0.0926. The largest absolute Gasteiger partial charge is 0.484 e. The normalized spacial score (nSPS) is 24.0. The first-order valence-corrected chi connectivity index (χ1v) is 10.5. The molecule has 1 N–H and O–H groups in total. The molecule has 1 aromatic rings. The predicted molar refractivity (Wildman–Crippen MR) is 100 cm³/mol. The number of fused-ring (bicyclic) bond motifs is 1. The van der Waals surface area contributed by atoms with Crippen molar-refractivity contribution in [1.29, 1.82) is 0 Å². The summed E-state index contributed by atoms with van der Waals surface area (Å²) >= 11 is 3.24. The molecule has 144 valence electrons. The van der Waals surface area contributed by atoms with E-state index in [4.69, 9.17) is 9.47 Å². The quantitative estimate of drug-likeness (QED) is 0.375. The number of para-hydroxylation sites is 1. The number of hydrogen-bond acceptors (Lipinski definition) is 6. The van der Waals surface area contributed by atoms with E-state index in [1.807, 2.05) is 6.07 Å². The SMILES string of the molecule is COC(=O)C1=C(CBr)CS(=O)[C@H]2[C@@H](NC(=O)COc3ccccc3)C(=O)N12. The Morgan fingerprint density at radius 3 is 2.67 bits per heavy atom. The van der Waals surface area contributed by atoms with Crippen LogP contribution in [-0.4, -0.2) is 63.1 Å². The van der Waals surface area contributed by atoms with Gasteiger partial charge in [0.1, 0.15) is 22.9 Å². The van der Waals surface area contributed by atoms with Gasteiger partial charge in [-0.1, -0.05) is 34.1 Å². The first-order valence-electron chi connectivity index (χ1n) is 8.01. The third kappa shape index (κ3) is 3.77. The lowest BCUT2D eigenvalue weighted by molar-refractivity contribution is -0.152. The average molecular weight is 457 g/mol. The molecule has 0 radical (unpaired) electrons. The second-order valence-electron chi connectivity index (χ2n) is 5.85. The van der Waals surface area contributed by atoms with Crippen molar-refractivity contribution in [3.63, 3.8) is 0 Å². The molecule has 0 bridgehead atoms. The van der Waals surface area contributed by atoms with Crippen LogP contribution in [0.1, 0.15) is 0 Å². The minimum Gasteiger partial charge on any atom is -0.484 e. The fourth-order valence-corrected chi connectivity index (χ4v) is 5.33. The Labute approximate surface area is 166 Å². The molecular formula is C17H17BrN2O6S. The van der Waals surface area contributed by atoms with Crippen molar-refractivity contribution in [1.82, 2.24) is 10.2 Å². The third-order valence-corrected chi connectivity index (χ3v) is 6.51. The summed E-state index contributed by atoms with van der Waals surface area (Å²) in [6, 6.07) is 7.81. The Morgan fingerprint density at radius 2 is 2.04 bits per heavy atom. The van der Waals surface area contributed by atoms with E-state index in [1.165, 1.54) is 7.11 Å². The molecule has 0 aliphatic carbocycles. The average Bonchev–Trinajstić information content (AvgIpc) is 2.69. The van der Waals surface area contributed by atoms with Gasteiger partial charge in [-0.15, -0.1) is 0 Å². The van der Waals surface area contributed by atoms with E-state index in [9.17, 15) is 18.6 Å². The summed E-state index contributed by atoms with van der Waals surface area (Å²) in [7, 11) is -0.236. The fraction of sp³-hybridized carbons (Fsp3) is 0.353. The Bertz CT molecular complexity index is 828. The number of rotatable bonds is 6. The number of β-lactam (4-membered cyclic amide) rings is 1. The molecule has 2 heterocycles. The smallest absolute Gasteiger partial charge is 0.354 e. The van der Waals surface area contributed by atoms with Crippen LogP contribution in [0, 0.1) is 0 Å². The van der Waals surface area contributed by atoms with Gasteiger partial charge < -0.3 is 14.8 Å². The highest BCUT2D eigenvalue weighted by Gasteiger charge is 2.57. The van der Waals surface area contributed by atoms with Crippen LogP contribution in [-0.2, 0) is 29.9 Å². The van der Waals surface area contributed by atoms with Crippen LogP contribution in [0.2, 0.25) is 0 Å². The maximum atomic E-state index is 12.5. The van der Waals surface area contributed by atoms with Crippen molar-refractivity contribution in [2.24, 2.45) is 0 Å². The van der Waals surface area contributed by atoms with E-state index in [0.29, 0.717) is 16.7 Å². The molecule has 2 aliphatic heterocycles. The Morgan fingerprint density at radius 1 is 1.33 bits per heavy atom. The third-order valence-electron chi connectivity index (χ3n) is 4.17. The van der Waals surface area contributed by atoms with Gasteiger partial charge in [0.05, 0.1) is 23.7 Å². The van der Waals surface area contributed by atoms with Crippen molar-refractivity contribution in [3.8, 4) is 5.75 Å². The first kappa shape index (κ1) is 19.6. The van der Waals surface area contributed by atoms with Crippen LogP contribution in [0.3, 0.4) is 0 Å². The van der Waals surface area contributed by atoms with E-state index in [1.54, 1.807) is 24.3 Å². The molecule has 0 spiro atoms. The predicted octanol–water partition coefficient (Wildman–Crippen LogP) is 0.303. The Balaban J connectivity index is 1.69. The van der Waals surface area contributed by atoms with Crippen LogP contribution in [0.5, 0.6) is 5.75 Å². The highest BCUT2D eigenvalue weighted by atomic mass is 79.9. The highest BCUT2D eigenvalue weighted by Crippen LogP contribution is 2.35. The molecule has 2 aliphatic rings. The number of alkyl halides is 1. The van der Waals surface area contributed by atoms with Crippen molar-refractivity contribution in [2.75, 3.05) is 24.8 Å². The molecule has 1 unspecified atom stereocenters. The van der Waals surface area contributed by atoms with Gasteiger partial charge in [0.15, 0.2) is 6.61 Å². The summed E-state index contributed by atoms with van der Waals surface area (Å²) in [4.78, 5) is 37.9. The van der Waals surface area contributed by atoms with E-state index < -0.39 is 40.0 Å². The maximum absolute atomic E-state index is 12.5. The molecule has 8 nitrogen and oxygen atoms in total. The molecule has 3 atom stereocenters. The van der Waals surface area contributed by atoms with Crippen LogP contribution >= 0.6 is 15.9 Å². The van der Waals surface area contributed by atoms with Gasteiger partial charge in [0.2, 0.25) is 0 Å². The summed E-state index contributed by atoms with van der Waals surface area (Å²) in [6.07, 6.45) is 0. The monoisotopic (exact) mass is 456 g/mol. The Hall–Kier alpha value is -2.20. The molecule has 1 saturated heterocycles. The number of carbonyl (C=O) groups is 3. The lowest BCUT2D eigenvalue weighted by Gasteiger charge is -2.49. The summed E-state index contributed by atoms with van der Waals surface area (Å²) in [5.74, 6) is -1.04. The molecule has 3 rings (SSSR count). The van der Waals surface area contributed by atoms with Crippen molar-refractivity contribution < 1.29 is 28.1 Å². The van der Waals surface area contributed by atoms with Gasteiger partial charge in [-0.3, -0.25) is 18.7 Å². The number of nitrogens with zero attached hydrogens (tertiary/aromatic N) is 1. The van der Waals surface area contributed by atoms with Gasteiger partial charge in [-0.05, 0) is 17.7 Å². The number of ether oxygens (including phenoxy) is 2. The van der Waals surface area contributed by atoms with Gasteiger partial charge in [0.25, 0.3) is 11.8 Å². The summed E-state index contributed by atoms with van der Waals surface area (Å²) in [5.41, 5.74) is 0.622. The van der Waals surface area contributed by atoms with Crippen LogP contribution in [0.15, 0.2) is 41.6 Å². The molecular weight excluding hydrogens is 440 g/mol. The molecule has 1 aromatic carbocycles. The zero-order valence-corrected chi connectivity index (χ0v) is 16.7. The maximum Gasteiger partial charge on any atom is 0.354 e. The molecule has 2 amide bonds. The summed E-state index contributed by atoms with van der Waals surface area (Å²) in [6.45, 7) is -0.278. The first-order chi connectivity index (χ1) is 13.0. The van der Waals surface area contributed by atoms with Crippen molar-refractivity contribution in [2.45, 2.75) is 11.4 Å². The van der Waals surface area contributed by atoms with Crippen LogP contribution in [0.4, 0.5) is 0 Å². The number of nitrogens with one attached hydrogen (secondary N) is 1. The van der Waals surface area contributed by atoms with Crippen LogP contribution in [0.25, 0.3) is 0 Å². The number of amides is 2. The minimum atomic E-state index is -1.45. The molecule has 10 heteroatoms. The van der Waals surface area contributed by atoms with Crippen molar-refractivity contribution >= 4 is 44.5 Å². The number of halogens is 1.